The molecule has 17 heavy (non-hydrogen) atoms. The van der Waals surface area contributed by atoms with Crippen LogP contribution in [0, 0.1) is 5.92 Å². The molecule has 0 fully saturated rings. The minimum atomic E-state index is -0.570. The van der Waals surface area contributed by atoms with Gasteiger partial charge in [-0.25, -0.2) is 4.79 Å². The molecule has 1 unspecified atom stereocenters. The molecule has 0 spiro atoms. The average Bonchev–Trinajstić information content (AvgIpc) is 2.36. The van der Waals surface area contributed by atoms with Crippen molar-refractivity contribution in [1.29, 1.82) is 0 Å². The minimum absolute atomic E-state index is 0.220. The molecule has 0 saturated carbocycles. The van der Waals surface area contributed by atoms with E-state index in [-0.39, 0.29) is 5.92 Å². The van der Waals surface area contributed by atoms with E-state index in [0.29, 0.717) is 5.56 Å². The Bertz CT molecular complexity index is 370. The summed E-state index contributed by atoms with van der Waals surface area (Å²) in [5.41, 5.74) is 0.406. The first kappa shape index (κ1) is 13.4. The highest BCUT2D eigenvalue weighted by Gasteiger charge is 2.18. The maximum Gasteiger partial charge on any atom is 0.345 e. The summed E-state index contributed by atoms with van der Waals surface area (Å²) in [7, 11) is 0. The fourth-order valence-electron chi connectivity index (χ4n) is 1.45. The van der Waals surface area contributed by atoms with E-state index in [1.54, 1.807) is 31.2 Å². The van der Waals surface area contributed by atoms with Gasteiger partial charge in [0.15, 0.2) is 0 Å². The predicted octanol–water partition coefficient (Wildman–Crippen LogP) is 3.20. The van der Waals surface area contributed by atoms with Gasteiger partial charge in [-0.2, -0.15) is 0 Å². The van der Waals surface area contributed by atoms with Crippen LogP contribution in [0.1, 0.15) is 43.5 Å². The molecule has 0 amide bonds. The van der Waals surface area contributed by atoms with E-state index in [2.05, 4.69) is 6.92 Å². The predicted molar refractivity (Wildman–Crippen MR) is 65.6 cm³/mol. The number of benzene rings is 1. The number of unbranched alkanes of at least 4 members (excludes halogenated alkanes) is 1. The summed E-state index contributed by atoms with van der Waals surface area (Å²) in [6.07, 6.45) is 2.76. The van der Waals surface area contributed by atoms with Crippen LogP contribution in [0.5, 0.6) is 0 Å². The highest BCUT2D eigenvalue weighted by molar-refractivity contribution is 5.97. The Balaban J connectivity index is 2.49. The number of rotatable bonds is 5. The molecule has 1 aromatic rings. The zero-order chi connectivity index (χ0) is 12.7. The van der Waals surface area contributed by atoms with Crippen LogP contribution in [-0.2, 0) is 9.53 Å². The van der Waals surface area contributed by atoms with Crippen LogP contribution in [0.4, 0.5) is 0 Å². The number of carbonyl (C=O) groups excluding carboxylic acids is 2. The van der Waals surface area contributed by atoms with Gasteiger partial charge in [0.25, 0.3) is 0 Å². The normalized spacial score (nSPS) is 11.9. The first-order valence-corrected chi connectivity index (χ1v) is 5.96. The average molecular weight is 234 g/mol. The van der Waals surface area contributed by atoms with Crippen molar-refractivity contribution in [3.63, 3.8) is 0 Å². The van der Waals surface area contributed by atoms with Crippen molar-refractivity contribution in [1.82, 2.24) is 0 Å². The smallest absolute Gasteiger partial charge is 0.345 e. The Hall–Kier alpha value is -1.64. The molecule has 3 heteroatoms. The summed E-state index contributed by atoms with van der Waals surface area (Å²) in [6, 6.07) is 8.55. The first-order valence-electron chi connectivity index (χ1n) is 5.96. The van der Waals surface area contributed by atoms with E-state index >= 15 is 0 Å². The van der Waals surface area contributed by atoms with Crippen LogP contribution in [0.25, 0.3) is 0 Å². The topological polar surface area (TPSA) is 43.4 Å². The fourth-order valence-corrected chi connectivity index (χ4v) is 1.45. The number of hydrogen-bond acceptors (Lipinski definition) is 3. The molecular formula is C14H18O3. The minimum Gasteiger partial charge on any atom is -0.389 e. The lowest BCUT2D eigenvalue weighted by molar-refractivity contribution is -0.142. The Morgan fingerprint density at radius 2 is 1.88 bits per heavy atom. The summed E-state index contributed by atoms with van der Waals surface area (Å²) in [4.78, 5) is 23.2. The summed E-state index contributed by atoms with van der Waals surface area (Å²) in [5, 5.41) is 0. The molecule has 1 aromatic carbocycles. The van der Waals surface area contributed by atoms with Gasteiger partial charge in [-0.15, -0.1) is 0 Å². The van der Waals surface area contributed by atoms with Gasteiger partial charge in [-0.05, 0) is 18.6 Å². The van der Waals surface area contributed by atoms with Crippen LogP contribution in [0.15, 0.2) is 30.3 Å². The molecule has 0 aromatic heterocycles. The van der Waals surface area contributed by atoms with E-state index in [1.165, 1.54) is 0 Å². The SMILES string of the molecule is CCCCC(C)C(=O)OC(=O)c1ccccc1. The number of ether oxygens (including phenoxy) is 1. The van der Waals surface area contributed by atoms with Gasteiger partial charge in [0, 0.05) is 0 Å². The standard InChI is InChI=1S/C14H18O3/c1-3-4-8-11(2)13(15)17-14(16)12-9-6-5-7-10-12/h5-7,9-11H,3-4,8H2,1-2H3. The second-order valence-corrected chi connectivity index (χ2v) is 4.12. The third-order valence-corrected chi connectivity index (χ3v) is 2.60. The van der Waals surface area contributed by atoms with Crippen molar-refractivity contribution in [2.24, 2.45) is 5.92 Å². The molecule has 0 aliphatic heterocycles. The van der Waals surface area contributed by atoms with E-state index in [0.717, 1.165) is 19.3 Å². The molecule has 3 nitrogen and oxygen atoms in total. The number of hydrogen-bond donors (Lipinski definition) is 0. The van der Waals surface area contributed by atoms with Crippen LogP contribution >= 0.6 is 0 Å². The Morgan fingerprint density at radius 1 is 1.24 bits per heavy atom. The van der Waals surface area contributed by atoms with Gasteiger partial charge in [0.2, 0.25) is 0 Å². The highest BCUT2D eigenvalue weighted by Crippen LogP contribution is 2.11. The number of carbonyl (C=O) groups is 2. The van der Waals surface area contributed by atoms with Crippen LogP contribution in [0.3, 0.4) is 0 Å². The van der Waals surface area contributed by atoms with Gasteiger partial charge >= 0.3 is 11.9 Å². The van der Waals surface area contributed by atoms with E-state index in [1.807, 2.05) is 6.07 Å². The molecular weight excluding hydrogens is 216 g/mol. The van der Waals surface area contributed by atoms with Gasteiger partial charge in [0.1, 0.15) is 0 Å². The van der Waals surface area contributed by atoms with Gasteiger partial charge in [-0.3, -0.25) is 4.79 Å². The highest BCUT2D eigenvalue weighted by atomic mass is 16.6. The molecule has 0 heterocycles. The van der Waals surface area contributed by atoms with Crippen molar-refractivity contribution >= 4 is 11.9 Å². The van der Waals surface area contributed by atoms with Gasteiger partial charge in [0.05, 0.1) is 11.5 Å². The summed E-state index contributed by atoms with van der Waals surface area (Å²) < 4.78 is 4.82. The molecule has 0 bridgehead atoms. The monoisotopic (exact) mass is 234 g/mol. The molecule has 0 aliphatic carbocycles. The van der Waals surface area contributed by atoms with E-state index in [4.69, 9.17) is 4.74 Å². The summed E-state index contributed by atoms with van der Waals surface area (Å²) in [5.74, 6) is -1.23. The largest absolute Gasteiger partial charge is 0.389 e. The summed E-state index contributed by atoms with van der Waals surface area (Å²) >= 11 is 0. The number of esters is 2. The molecule has 92 valence electrons. The molecule has 0 saturated heterocycles. The molecule has 0 N–H and O–H groups in total. The van der Waals surface area contributed by atoms with Crippen LogP contribution in [-0.4, -0.2) is 11.9 Å². The van der Waals surface area contributed by atoms with Crippen molar-refractivity contribution < 1.29 is 14.3 Å². The van der Waals surface area contributed by atoms with E-state index in [9.17, 15) is 9.59 Å². The van der Waals surface area contributed by atoms with Gasteiger partial charge < -0.3 is 4.74 Å². The van der Waals surface area contributed by atoms with Crippen LogP contribution in [0.2, 0.25) is 0 Å². The third-order valence-electron chi connectivity index (χ3n) is 2.60. The third kappa shape index (κ3) is 4.39. The van der Waals surface area contributed by atoms with Gasteiger partial charge in [-0.1, -0.05) is 44.9 Å². The molecule has 0 radical (unpaired) electrons. The zero-order valence-electron chi connectivity index (χ0n) is 10.3. The zero-order valence-corrected chi connectivity index (χ0v) is 10.3. The fraction of sp³-hybridized carbons (Fsp3) is 0.429. The van der Waals surface area contributed by atoms with E-state index < -0.39 is 11.9 Å². The Kier molecular flexibility index (Phi) is 5.40. The van der Waals surface area contributed by atoms with Crippen LogP contribution < -0.4 is 0 Å². The second kappa shape index (κ2) is 6.84. The molecule has 0 aliphatic rings. The second-order valence-electron chi connectivity index (χ2n) is 4.12. The van der Waals surface area contributed by atoms with Crippen molar-refractivity contribution in [2.45, 2.75) is 33.1 Å². The lowest BCUT2D eigenvalue weighted by Crippen LogP contribution is -2.19. The van der Waals surface area contributed by atoms with Crippen molar-refractivity contribution in [3.8, 4) is 0 Å². The van der Waals surface area contributed by atoms with Crippen molar-refractivity contribution in [2.75, 3.05) is 0 Å². The maximum atomic E-state index is 11.6. The first-order chi connectivity index (χ1) is 8.15. The lowest BCUT2D eigenvalue weighted by atomic mass is 10.1. The maximum absolute atomic E-state index is 11.6. The summed E-state index contributed by atoms with van der Waals surface area (Å²) in [6.45, 7) is 3.85. The molecule has 1 atom stereocenters. The van der Waals surface area contributed by atoms with Crippen molar-refractivity contribution in [3.05, 3.63) is 35.9 Å². The lowest BCUT2D eigenvalue weighted by Gasteiger charge is -2.09. The molecule has 1 rings (SSSR count). The Labute approximate surface area is 102 Å². The Morgan fingerprint density at radius 3 is 2.47 bits per heavy atom. The quantitative estimate of drug-likeness (QED) is 0.580.